The molecule has 4 fully saturated rings. The first-order chi connectivity index (χ1) is 13.4. The number of esters is 1. The van der Waals surface area contributed by atoms with Gasteiger partial charge in [-0.05, 0) is 74.7 Å². The van der Waals surface area contributed by atoms with Crippen LogP contribution in [0, 0.1) is 33.3 Å². The highest BCUT2D eigenvalue weighted by molar-refractivity contribution is 5.95. The van der Waals surface area contributed by atoms with E-state index in [0.717, 1.165) is 17.8 Å². The zero-order valence-electron chi connectivity index (χ0n) is 16.1. The summed E-state index contributed by atoms with van der Waals surface area (Å²) < 4.78 is 5.05. The van der Waals surface area contributed by atoms with Crippen LogP contribution in [0.2, 0.25) is 0 Å². The summed E-state index contributed by atoms with van der Waals surface area (Å²) >= 11 is 0. The van der Waals surface area contributed by atoms with Crippen molar-refractivity contribution in [3.63, 3.8) is 0 Å². The monoisotopic (exact) mass is 386 g/mol. The molecule has 7 nitrogen and oxygen atoms in total. The highest BCUT2D eigenvalue weighted by atomic mass is 16.6. The van der Waals surface area contributed by atoms with Crippen molar-refractivity contribution in [2.45, 2.75) is 51.5 Å². The quantitative estimate of drug-likeness (QED) is 0.458. The van der Waals surface area contributed by atoms with E-state index in [-0.39, 0.29) is 28.6 Å². The molecule has 4 saturated carbocycles. The number of rotatable bonds is 6. The molecule has 4 aliphatic carbocycles. The predicted molar refractivity (Wildman–Crippen MR) is 102 cm³/mol. The van der Waals surface area contributed by atoms with E-state index in [1.807, 2.05) is 0 Å². The lowest BCUT2D eigenvalue weighted by Gasteiger charge is -2.59. The van der Waals surface area contributed by atoms with E-state index >= 15 is 0 Å². The van der Waals surface area contributed by atoms with Crippen LogP contribution < -0.4 is 5.32 Å². The molecule has 0 aliphatic heterocycles. The van der Waals surface area contributed by atoms with Crippen LogP contribution in [0.15, 0.2) is 24.3 Å². The Morgan fingerprint density at radius 1 is 1.18 bits per heavy atom. The van der Waals surface area contributed by atoms with Crippen molar-refractivity contribution in [3.05, 3.63) is 39.9 Å². The van der Waals surface area contributed by atoms with E-state index in [2.05, 4.69) is 12.2 Å². The number of nitro groups is 1. The number of nitro benzene ring substituents is 1. The van der Waals surface area contributed by atoms with Gasteiger partial charge in [0.2, 0.25) is 0 Å². The van der Waals surface area contributed by atoms with Gasteiger partial charge in [0.25, 0.3) is 11.6 Å². The zero-order valence-corrected chi connectivity index (χ0v) is 16.1. The van der Waals surface area contributed by atoms with E-state index < -0.39 is 17.5 Å². The maximum Gasteiger partial charge on any atom is 0.345 e. The van der Waals surface area contributed by atoms with Gasteiger partial charge < -0.3 is 10.1 Å². The summed E-state index contributed by atoms with van der Waals surface area (Å²) in [5, 5.41) is 14.1. The van der Waals surface area contributed by atoms with Gasteiger partial charge in [-0.15, -0.1) is 0 Å². The lowest BCUT2D eigenvalue weighted by Crippen LogP contribution is -2.56. The Labute approximate surface area is 164 Å². The van der Waals surface area contributed by atoms with Crippen LogP contribution in [0.5, 0.6) is 0 Å². The van der Waals surface area contributed by atoms with Gasteiger partial charge >= 0.3 is 5.97 Å². The molecule has 5 rings (SSSR count). The van der Waals surface area contributed by atoms with Crippen molar-refractivity contribution in [2.24, 2.45) is 23.2 Å². The van der Waals surface area contributed by atoms with Crippen LogP contribution in [0.25, 0.3) is 0 Å². The fraction of sp³-hybridized carbons (Fsp3) is 0.619. The van der Waals surface area contributed by atoms with Crippen LogP contribution in [0.3, 0.4) is 0 Å². The van der Waals surface area contributed by atoms with Crippen molar-refractivity contribution in [2.75, 3.05) is 6.61 Å². The molecule has 4 bridgehead atoms. The van der Waals surface area contributed by atoms with Crippen molar-refractivity contribution in [3.8, 4) is 0 Å². The first-order valence-electron chi connectivity index (χ1n) is 10.1. The number of para-hydroxylation sites is 1. The average molecular weight is 386 g/mol. The van der Waals surface area contributed by atoms with Crippen LogP contribution in [-0.2, 0) is 9.53 Å². The van der Waals surface area contributed by atoms with Crippen LogP contribution in [0.4, 0.5) is 5.69 Å². The molecule has 0 radical (unpaired) electrons. The van der Waals surface area contributed by atoms with Gasteiger partial charge in [0.15, 0.2) is 6.61 Å². The summed E-state index contributed by atoms with van der Waals surface area (Å²) in [6.07, 6.45) is 7.55. The molecule has 0 heterocycles. The molecule has 7 heteroatoms. The predicted octanol–water partition coefficient (Wildman–Crippen LogP) is 3.47. The van der Waals surface area contributed by atoms with E-state index in [1.165, 1.54) is 62.8 Å². The van der Waals surface area contributed by atoms with Gasteiger partial charge in [0.1, 0.15) is 5.56 Å². The molecular weight excluding hydrogens is 360 g/mol. The Hall–Kier alpha value is -2.44. The summed E-state index contributed by atoms with van der Waals surface area (Å²) in [5.41, 5.74) is -0.295. The Morgan fingerprint density at radius 2 is 1.75 bits per heavy atom. The normalized spacial score (nSPS) is 31.2. The van der Waals surface area contributed by atoms with Crippen LogP contribution in [-0.4, -0.2) is 29.4 Å². The second-order valence-corrected chi connectivity index (χ2v) is 8.92. The summed E-state index contributed by atoms with van der Waals surface area (Å²) in [7, 11) is 0. The fourth-order valence-corrected chi connectivity index (χ4v) is 6.16. The number of hydrogen-bond donors (Lipinski definition) is 1. The van der Waals surface area contributed by atoms with Crippen molar-refractivity contribution in [1.82, 2.24) is 5.32 Å². The Bertz CT molecular complexity index is 770. The minimum absolute atomic E-state index is 0.0400. The van der Waals surface area contributed by atoms with E-state index in [9.17, 15) is 19.7 Å². The third kappa shape index (κ3) is 3.50. The minimum atomic E-state index is -0.857. The Balaban J connectivity index is 1.34. The highest BCUT2D eigenvalue weighted by Crippen LogP contribution is 2.61. The fourth-order valence-electron chi connectivity index (χ4n) is 6.16. The van der Waals surface area contributed by atoms with Gasteiger partial charge in [-0.25, -0.2) is 4.79 Å². The largest absolute Gasteiger partial charge is 0.452 e. The van der Waals surface area contributed by atoms with E-state index in [4.69, 9.17) is 4.74 Å². The molecule has 28 heavy (non-hydrogen) atoms. The number of amides is 1. The average Bonchev–Trinajstić information content (AvgIpc) is 2.65. The topological polar surface area (TPSA) is 98.5 Å². The third-order valence-electron chi connectivity index (χ3n) is 7.04. The van der Waals surface area contributed by atoms with E-state index in [1.54, 1.807) is 0 Å². The molecule has 1 aromatic rings. The van der Waals surface area contributed by atoms with Gasteiger partial charge in [0, 0.05) is 12.1 Å². The first-order valence-corrected chi connectivity index (χ1v) is 10.1. The highest BCUT2D eigenvalue weighted by Gasteiger charge is 2.53. The molecule has 0 saturated heterocycles. The minimum Gasteiger partial charge on any atom is -0.452 e. The summed E-state index contributed by atoms with van der Waals surface area (Å²) in [6.45, 7) is 1.64. The Kier molecular flexibility index (Phi) is 4.85. The molecule has 0 spiro atoms. The smallest absolute Gasteiger partial charge is 0.345 e. The van der Waals surface area contributed by atoms with E-state index in [0.29, 0.717) is 0 Å². The molecule has 0 unspecified atom stereocenters. The van der Waals surface area contributed by atoms with Gasteiger partial charge in [0.05, 0.1) is 4.92 Å². The molecule has 1 amide bonds. The SMILES string of the molecule is C[C@@H](NC(=O)COC(=O)c1ccccc1[N+](=O)[O-])C12CC3CC(CC(C3)C1)C2. The zero-order chi connectivity index (χ0) is 19.9. The molecule has 4 aliphatic rings. The number of ether oxygens (including phenoxy) is 1. The summed E-state index contributed by atoms with van der Waals surface area (Å²) in [4.78, 5) is 35.0. The maximum absolute atomic E-state index is 12.4. The van der Waals surface area contributed by atoms with Crippen molar-refractivity contribution in [1.29, 1.82) is 0 Å². The molecular formula is C21H26N2O5. The number of carbonyl (C=O) groups is 2. The molecule has 1 aromatic carbocycles. The number of nitrogens with zero attached hydrogens (tertiary/aromatic N) is 1. The van der Waals surface area contributed by atoms with Crippen molar-refractivity contribution >= 4 is 17.6 Å². The van der Waals surface area contributed by atoms with Gasteiger partial charge in [-0.1, -0.05) is 12.1 Å². The van der Waals surface area contributed by atoms with Gasteiger partial charge in [-0.2, -0.15) is 0 Å². The van der Waals surface area contributed by atoms with Gasteiger partial charge in [-0.3, -0.25) is 14.9 Å². The lowest BCUT2D eigenvalue weighted by molar-refractivity contribution is -0.385. The number of hydrogen-bond acceptors (Lipinski definition) is 5. The standard InChI is InChI=1S/C21H26N2O5/c1-13(21-9-14-6-15(10-21)8-16(7-14)11-21)22-19(24)12-28-20(25)17-4-2-3-5-18(17)23(26)27/h2-5,13-16H,6-12H2,1H3,(H,22,24)/t13-,14?,15?,16?,21?/m1/s1. The van der Waals surface area contributed by atoms with Crippen molar-refractivity contribution < 1.29 is 19.2 Å². The maximum atomic E-state index is 12.4. The van der Waals surface area contributed by atoms with Crippen LogP contribution in [0.1, 0.15) is 55.8 Å². The summed E-state index contributed by atoms with van der Waals surface area (Å²) in [6, 6.07) is 5.62. The second-order valence-electron chi connectivity index (χ2n) is 8.92. The summed E-state index contributed by atoms with van der Waals surface area (Å²) in [5.74, 6) is 1.17. The molecule has 1 atom stereocenters. The number of benzene rings is 1. The molecule has 150 valence electrons. The first kappa shape index (κ1) is 18.9. The molecule has 0 aromatic heterocycles. The third-order valence-corrected chi connectivity index (χ3v) is 7.04. The van der Waals surface area contributed by atoms with Crippen LogP contribution >= 0.6 is 0 Å². The Morgan fingerprint density at radius 3 is 2.32 bits per heavy atom. The lowest BCUT2D eigenvalue weighted by atomic mass is 9.48. The second kappa shape index (κ2) is 7.18. The number of carbonyl (C=O) groups excluding carboxylic acids is 2. The molecule has 1 N–H and O–H groups in total. The number of nitrogens with one attached hydrogen (secondary N) is 1.